The number of nitro benzene ring substituents is 1. The molecule has 0 aliphatic carbocycles. The van der Waals surface area contributed by atoms with Gasteiger partial charge in [0.1, 0.15) is 76.6 Å². The van der Waals surface area contributed by atoms with Crippen LogP contribution >= 0.6 is 0 Å². The Labute approximate surface area is 811 Å². The number of ether oxygens (including phenoxy) is 5. The van der Waals surface area contributed by atoms with Crippen LogP contribution < -0.4 is 52.0 Å². The number of nitrogens with one attached hydrogen (secondary N) is 5. The van der Waals surface area contributed by atoms with Crippen molar-refractivity contribution in [3.63, 3.8) is 0 Å². The number of ketones is 4. The first-order valence-corrected chi connectivity index (χ1v) is 45.8. The fourth-order valence-electron chi connectivity index (χ4n) is 14.8. The second kappa shape index (κ2) is 54.3. The lowest BCUT2D eigenvalue weighted by atomic mass is 9.88. The Morgan fingerprint density at radius 1 is 0.543 bits per heavy atom. The first kappa shape index (κ1) is 113. The highest BCUT2D eigenvalue weighted by molar-refractivity contribution is 5.97. The van der Waals surface area contributed by atoms with Gasteiger partial charge in [-0.1, -0.05) is 76.2 Å². The molecule has 7 N–H and O–H groups in total. The number of carbonyl (C=O) groups is 14. The van der Waals surface area contributed by atoms with Crippen molar-refractivity contribution in [3.05, 3.63) is 185 Å². The van der Waals surface area contributed by atoms with E-state index in [1.54, 1.807) is 173 Å². The molecule has 7 amide bonds. The summed E-state index contributed by atoms with van der Waals surface area (Å²) in [5, 5.41) is 43.2. The zero-order valence-electron chi connectivity index (χ0n) is 83.0. The number of benzene rings is 5. The first-order valence-electron chi connectivity index (χ1n) is 46.5. The summed E-state index contributed by atoms with van der Waals surface area (Å²) in [5.41, 5.74) is 0.0739. The molecule has 4 heterocycles. The Morgan fingerprint density at radius 3 is 1.26 bits per heavy atom. The Kier molecular flexibility index (Phi) is 43.7. The van der Waals surface area contributed by atoms with Gasteiger partial charge < -0.3 is 94.1 Å². The molecule has 0 radical (unpaired) electrons. The van der Waals surface area contributed by atoms with Crippen LogP contribution in [0.25, 0.3) is 21.8 Å². The van der Waals surface area contributed by atoms with Gasteiger partial charge in [-0.2, -0.15) is 0 Å². The fourth-order valence-corrected chi connectivity index (χ4v) is 14.8. The summed E-state index contributed by atoms with van der Waals surface area (Å²) < 4.78 is 74.9. The second-order valence-corrected chi connectivity index (χ2v) is 36.5. The number of aryl methyl sites for hydroxylation is 2. The zero-order valence-corrected chi connectivity index (χ0v) is 82.0. The van der Waals surface area contributed by atoms with Crippen molar-refractivity contribution >= 4 is 122 Å². The van der Waals surface area contributed by atoms with Crippen molar-refractivity contribution in [2.45, 2.75) is 197 Å². The number of aromatic carboxylic acids is 2. The van der Waals surface area contributed by atoms with Gasteiger partial charge in [-0.15, -0.1) is 0 Å². The molecule has 0 spiro atoms. The number of carboxylic acids is 2. The van der Waals surface area contributed by atoms with Crippen LogP contribution in [0.4, 0.5) is 49.4 Å². The number of alkyl halides is 1. The van der Waals surface area contributed by atoms with Crippen molar-refractivity contribution < 1.29 is 120 Å². The molecule has 7 aromatic rings. The summed E-state index contributed by atoms with van der Waals surface area (Å²) in [5.74, 6) is -8.19. The average Bonchev–Trinajstić information content (AvgIpc) is 0.764. The van der Waals surface area contributed by atoms with Crippen molar-refractivity contribution in [1.29, 1.82) is 0 Å². The number of alkyl carbamates (subject to hydrolysis) is 2. The molecule has 2 saturated heterocycles. The smallest absolute Gasteiger partial charge is 0.477 e. The molecule has 762 valence electrons. The molecule has 38 nitrogen and oxygen atoms in total. The van der Waals surface area contributed by atoms with Crippen LogP contribution in [-0.4, -0.2) is 246 Å². The largest absolute Gasteiger partial charge is 0.514 e. The van der Waals surface area contributed by atoms with Gasteiger partial charge in [-0.3, -0.25) is 62.5 Å². The number of nitro groups is 1. The second-order valence-electron chi connectivity index (χ2n) is 36.5. The van der Waals surface area contributed by atoms with Gasteiger partial charge in [-0.05, 0) is 139 Å². The number of anilines is 2. The van der Waals surface area contributed by atoms with E-state index in [-0.39, 0.29) is 173 Å². The molecule has 140 heavy (non-hydrogen) atoms. The molecule has 2 aliphatic heterocycles. The number of carboxylic acid groups (broad SMARTS) is 2. The average molecular weight is 1960 g/mol. The fraction of sp³-hybridized carbons (Fsp3) is 0.495. The van der Waals surface area contributed by atoms with Crippen LogP contribution in [0, 0.1) is 45.4 Å². The van der Waals surface area contributed by atoms with E-state index in [1.165, 1.54) is 57.4 Å². The summed E-state index contributed by atoms with van der Waals surface area (Å²) in [6.45, 7) is 25.0. The summed E-state index contributed by atoms with van der Waals surface area (Å²) in [4.78, 5) is 220. The number of amides is 7. The van der Waals surface area contributed by atoms with Gasteiger partial charge >= 0.3 is 36.4 Å². The van der Waals surface area contributed by atoms with Gasteiger partial charge in [0, 0.05) is 205 Å². The molecule has 0 unspecified atom stereocenters. The normalized spacial score (nSPS) is 13.4. The molecule has 9 rings (SSSR count). The highest BCUT2D eigenvalue weighted by atomic mass is 19.1. The maximum absolute atomic E-state index is 15.4. The van der Waals surface area contributed by atoms with Crippen molar-refractivity contribution in [2.24, 2.45) is 23.7 Å². The lowest BCUT2D eigenvalue weighted by molar-refractivity contribution is -0.384. The van der Waals surface area contributed by atoms with E-state index in [1.807, 2.05) is 11.8 Å². The van der Waals surface area contributed by atoms with Crippen molar-refractivity contribution in [2.75, 3.05) is 111 Å². The lowest BCUT2D eigenvalue weighted by Crippen LogP contribution is -2.51. The third-order valence-corrected chi connectivity index (χ3v) is 22.5. The molecule has 4 atom stereocenters. The number of fused-ring (bicyclic) bond motifs is 2. The van der Waals surface area contributed by atoms with Crippen LogP contribution in [0.2, 0.25) is 0 Å². The first-order chi connectivity index (χ1) is 66.4. The van der Waals surface area contributed by atoms with Crippen LogP contribution in [0.5, 0.6) is 5.75 Å². The lowest BCUT2D eigenvalue weighted by Gasteiger charge is -2.35. The standard InChI is InChI=1S/C46H61FN6O11.C36H48N4O11.C16H18FN3O3.CH3F/c1-9-51-26-34(43(59)60)41(57)33-23-35(47)38(24-37(33)51)52-17-19-53(20-18-52)45(62)63-27-30-15-13-29(14-16-30)21-39(55)36(25-48-44(61)64-46(4,5)6)49-42(58)32(28(2)3)22-31(54)11-10-12-40(56)50(7)8;1-23(2)29(20-27(41)9-8-10-32(43)39(6)7)33(44)38-30(21-37-34(45)51-36(3,4)5)31(42)19-24-11-13-25(14-12-24)22-49-35(46)50-28-17-15-26(16-18-28)40(47)48;1-2-19-9-11(16(22)23)15(21)10-7-12(17)14(8-13(10)19)20-5-3-18-4-6-20;1-2/h13-16,23-24,26,28,32,36H,9-12,17-22,25,27H2,1-8H3,(H,48,61)(H,49,58)(H,59,60);11-18,23,29-30H,8-10,19-22H2,1-7H3,(H,37,45)(H,38,44);7-9,18H,2-6H2,1H3,(H,22,23);1H3/t32-,36-;29-,30-;;/m00../s1/i;;;1D. The number of rotatable bonds is 40. The molecule has 2 aliphatic rings. The van der Waals surface area contributed by atoms with E-state index >= 15 is 4.39 Å². The molecule has 2 aromatic heterocycles. The number of aromatic nitrogens is 2. The van der Waals surface area contributed by atoms with Crippen molar-refractivity contribution in [3.8, 4) is 5.75 Å². The van der Waals surface area contributed by atoms with Crippen LogP contribution in [0.15, 0.2) is 119 Å². The van der Waals surface area contributed by atoms with Gasteiger partial charge in [0.2, 0.25) is 34.5 Å². The number of Topliss-reactive ketones (excluding diaryl/α,β-unsaturated/α-hetero) is 4. The van der Waals surface area contributed by atoms with Crippen LogP contribution in [0.1, 0.15) is 179 Å². The van der Waals surface area contributed by atoms with E-state index < -0.39 is 135 Å². The molecular formula is C99H130F3N13O25. The summed E-state index contributed by atoms with van der Waals surface area (Å²) in [7, 11) is 5.55. The van der Waals surface area contributed by atoms with E-state index in [0.29, 0.717) is 78.0 Å². The predicted octanol–water partition coefficient (Wildman–Crippen LogP) is 11.7. The van der Waals surface area contributed by atoms with E-state index in [4.69, 9.17) is 30.2 Å². The van der Waals surface area contributed by atoms with Crippen LogP contribution in [0.3, 0.4) is 0 Å². The number of piperazine rings is 2. The minimum atomic E-state index is -1.39. The number of halogens is 3. The molecule has 0 bridgehead atoms. The molecule has 0 saturated carbocycles. The van der Waals surface area contributed by atoms with Crippen molar-refractivity contribution in [1.82, 2.24) is 50.4 Å². The molecular weight excluding hydrogens is 1830 g/mol. The summed E-state index contributed by atoms with van der Waals surface area (Å²) >= 11 is 0. The van der Waals surface area contributed by atoms with Gasteiger partial charge in [0.05, 0.1) is 35.9 Å². The van der Waals surface area contributed by atoms with E-state index in [2.05, 4.69) is 26.6 Å². The van der Waals surface area contributed by atoms with E-state index in [9.17, 15) is 101 Å². The maximum atomic E-state index is 15.4. The summed E-state index contributed by atoms with van der Waals surface area (Å²) in [6, 6.07) is 21.4. The number of nitrogens with zero attached hydrogens (tertiary/aromatic N) is 8. The van der Waals surface area contributed by atoms with Gasteiger partial charge in [-0.25, -0.2) is 37.5 Å². The minimum absolute atomic E-state index is 0.0322. The van der Waals surface area contributed by atoms with E-state index in [0.717, 1.165) is 25.2 Å². The molecule has 5 aromatic carbocycles. The highest BCUT2D eigenvalue weighted by Crippen LogP contribution is 2.30. The minimum Gasteiger partial charge on any atom is -0.477 e. The summed E-state index contributed by atoms with van der Waals surface area (Å²) in [6.07, 6.45) is 0.492. The Bertz CT molecular complexity index is 5690. The van der Waals surface area contributed by atoms with Crippen LogP contribution in [-0.2, 0) is 96.4 Å². The Morgan fingerprint density at radius 2 is 0.914 bits per heavy atom. The third kappa shape index (κ3) is 36.0. The predicted molar refractivity (Wildman–Crippen MR) is 515 cm³/mol. The SMILES string of the molecule is CC(C)[C@H](CC(=O)CCCC(=O)N(C)C)C(=O)N[C@@H](CNC(=O)OC(C)(C)C)C(=O)Cc1ccc(COC(=O)Oc2ccc([N+](=O)[O-])cc2)cc1.CCn1cc(C(=O)O)c(=O)c2cc(F)c(N3CCN(C(=O)OCc4ccc(CC(=O)[C@H](CNC(=O)OC(C)(C)C)NC(=O)[C@@H](CC(=O)CCCC(=O)N(C)C)C(C)C)cc4)CC3)cc21.CCn1cc(C(=O)O)c(=O)c2cc(F)c(N3CCNCC3)cc21.[2H]CF. The number of non-ortho nitro benzene ring substituents is 1. The monoisotopic (exact) mass is 1960 g/mol. The highest BCUT2D eigenvalue weighted by Gasteiger charge is 2.35. The zero-order chi connectivity index (χ0) is 105. The molecule has 2 fully saturated rings. The maximum Gasteiger partial charge on any atom is 0.514 e. The van der Waals surface area contributed by atoms with Gasteiger partial charge in [0.15, 0.2) is 11.6 Å². The third-order valence-electron chi connectivity index (χ3n) is 22.5. The number of hydrogen-bond donors (Lipinski definition) is 7. The number of hydrogen-bond acceptors (Lipinski definition) is 26. The quantitative estimate of drug-likeness (QED) is 0.00616. The number of pyridine rings is 2. The Hall–Kier alpha value is -14.2. The molecule has 41 heteroatoms. The van der Waals surface area contributed by atoms with Gasteiger partial charge in [0.25, 0.3) is 5.69 Å². The Balaban J connectivity index is 0.000000349. The number of carbonyl (C=O) groups excluding carboxylic acids is 12. The topological polar surface area (TPSA) is 489 Å².